The van der Waals surface area contributed by atoms with E-state index >= 15 is 0 Å². The molecule has 0 heterocycles. The van der Waals surface area contributed by atoms with Crippen molar-refractivity contribution < 1.29 is 30.3 Å². The summed E-state index contributed by atoms with van der Waals surface area (Å²) in [6, 6.07) is 0. The van der Waals surface area contributed by atoms with Gasteiger partial charge in [0.1, 0.15) is 0 Å². The SMILES string of the molecule is O=C(O)CCBr.OCC(CO)(CO)CO. The van der Waals surface area contributed by atoms with Crippen LogP contribution in [0, 0.1) is 5.41 Å². The first-order valence-electron chi connectivity index (χ1n) is 4.23. The quantitative estimate of drug-likeness (QED) is 0.392. The predicted molar refractivity (Wildman–Crippen MR) is 56.8 cm³/mol. The zero-order valence-electron chi connectivity index (χ0n) is 8.26. The summed E-state index contributed by atoms with van der Waals surface area (Å²) >= 11 is 2.97. The van der Waals surface area contributed by atoms with Crippen LogP contribution >= 0.6 is 15.9 Å². The molecule has 0 aromatic carbocycles. The number of carboxylic acids is 1. The Morgan fingerprint density at radius 1 is 1.00 bits per heavy atom. The highest BCUT2D eigenvalue weighted by molar-refractivity contribution is 9.09. The Bertz CT molecular complexity index is 142. The third kappa shape index (κ3) is 8.76. The molecule has 0 atom stereocenters. The Morgan fingerprint density at radius 2 is 1.33 bits per heavy atom. The van der Waals surface area contributed by atoms with Gasteiger partial charge in [0.2, 0.25) is 0 Å². The molecular weight excluding hydrogens is 272 g/mol. The largest absolute Gasteiger partial charge is 0.481 e. The highest BCUT2D eigenvalue weighted by Crippen LogP contribution is 2.11. The van der Waals surface area contributed by atoms with E-state index in [2.05, 4.69) is 15.9 Å². The molecule has 0 bridgehead atoms. The molecule has 15 heavy (non-hydrogen) atoms. The number of aliphatic carboxylic acids is 1. The summed E-state index contributed by atoms with van der Waals surface area (Å²) < 4.78 is 0. The Balaban J connectivity index is 0. The lowest BCUT2D eigenvalue weighted by atomic mass is 9.93. The summed E-state index contributed by atoms with van der Waals surface area (Å²) in [5.41, 5.74) is -1.11. The van der Waals surface area contributed by atoms with Gasteiger partial charge in [-0.05, 0) is 0 Å². The fraction of sp³-hybridized carbons (Fsp3) is 0.875. The molecule has 5 N–H and O–H groups in total. The van der Waals surface area contributed by atoms with Crippen LogP contribution in [0.15, 0.2) is 0 Å². The smallest absolute Gasteiger partial charge is 0.304 e. The number of rotatable bonds is 6. The van der Waals surface area contributed by atoms with Gasteiger partial charge in [-0.25, -0.2) is 0 Å². The third-order valence-corrected chi connectivity index (χ3v) is 2.05. The Kier molecular flexibility index (Phi) is 11.8. The van der Waals surface area contributed by atoms with Crippen molar-refractivity contribution in [1.29, 1.82) is 0 Å². The summed E-state index contributed by atoms with van der Waals surface area (Å²) in [6.45, 7) is -1.62. The molecule has 0 aliphatic rings. The van der Waals surface area contributed by atoms with E-state index in [9.17, 15) is 4.79 Å². The van der Waals surface area contributed by atoms with E-state index in [1.165, 1.54) is 0 Å². The lowest BCUT2D eigenvalue weighted by Gasteiger charge is -2.23. The molecule has 7 heteroatoms. The van der Waals surface area contributed by atoms with Crippen LogP contribution in [0.5, 0.6) is 0 Å². The molecule has 0 aliphatic heterocycles. The predicted octanol–water partition coefficient (Wildman–Crippen LogP) is -1.20. The maximum atomic E-state index is 9.57. The topological polar surface area (TPSA) is 118 Å². The van der Waals surface area contributed by atoms with Gasteiger partial charge in [-0.1, -0.05) is 15.9 Å². The average molecular weight is 289 g/mol. The van der Waals surface area contributed by atoms with Gasteiger partial charge in [-0.3, -0.25) is 4.79 Å². The van der Waals surface area contributed by atoms with Crippen molar-refractivity contribution in [2.75, 3.05) is 31.8 Å². The van der Waals surface area contributed by atoms with Crippen LogP contribution in [0.25, 0.3) is 0 Å². The van der Waals surface area contributed by atoms with Gasteiger partial charge in [0.05, 0.1) is 38.3 Å². The Hall–Kier alpha value is -0.210. The van der Waals surface area contributed by atoms with Gasteiger partial charge in [0.15, 0.2) is 0 Å². The van der Waals surface area contributed by atoms with E-state index in [1.54, 1.807) is 0 Å². The second kappa shape index (κ2) is 10.3. The van der Waals surface area contributed by atoms with Crippen molar-refractivity contribution in [2.24, 2.45) is 5.41 Å². The van der Waals surface area contributed by atoms with E-state index in [1.807, 2.05) is 0 Å². The average Bonchev–Trinajstić information content (AvgIpc) is 2.23. The van der Waals surface area contributed by atoms with Crippen LogP contribution in [-0.4, -0.2) is 63.3 Å². The van der Waals surface area contributed by atoms with Gasteiger partial charge in [0, 0.05) is 5.33 Å². The maximum Gasteiger partial charge on any atom is 0.304 e. The van der Waals surface area contributed by atoms with Crippen molar-refractivity contribution in [1.82, 2.24) is 0 Å². The molecule has 0 aromatic rings. The number of alkyl halides is 1. The lowest BCUT2D eigenvalue weighted by molar-refractivity contribution is -0.136. The molecule has 0 saturated heterocycles. The fourth-order valence-corrected chi connectivity index (χ4v) is 0.720. The van der Waals surface area contributed by atoms with Crippen LogP contribution in [0.1, 0.15) is 6.42 Å². The molecule has 0 aromatic heterocycles. The first kappa shape index (κ1) is 17.2. The monoisotopic (exact) mass is 288 g/mol. The van der Waals surface area contributed by atoms with E-state index in [0.29, 0.717) is 5.33 Å². The Labute approximate surface area is 96.3 Å². The highest BCUT2D eigenvalue weighted by Gasteiger charge is 2.26. The number of carboxylic acid groups (broad SMARTS) is 1. The molecule has 6 nitrogen and oxygen atoms in total. The van der Waals surface area contributed by atoms with Gasteiger partial charge in [-0.15, -0.1) is 0 Å². The van der Waals surface area contributed by atoms with Crippen LogP contribution in [0.2, 0.25) is 0 Å². The standard InChI is InChI=1S/C5H12O4.C3H5BrO2/c6-1-5(2-7,3-8)4-9;4-2-1-3(5)6/h6-9H,1-4H2;1-2H2,(H,5,6). The zero-order chi connectivity index (χ0) is 12.3. The van der Waals surface area contributed by atoms with Crippen LogP contribution < -0.4 is 0 Å². The van der Waals surface area contributed by atoms with E-state index in [-0.39, 0.29) is 6.42 Å². The van der Waals surface area contributed by atoms with Gasteiger partial charge in [0.25, 0.3) is 0 Å². The van der Waals surface area contributed by atoms with Gasteiger partial charge < -0.3 is 25.5 Å². The molecule has 0 saturated carbocycles. The van der Waals surface area contributed by atoms with E-state index in [0.717, 1.165) is 0 Å². The number of carbonyl (C=O) groups is 1. The Morgan fingerprint density at radius 3 is 1.33 bits per heavy atom. The van der Waals surface area contributed by atoms with Crippen LogP contribution in [-0.2, 0) is 4.79 Å². The van der Waals surface area contributed by atoms with Crippen molar-refractivity contribution in [3.63, 3.8) is 0 Å². The summed E-state index contributed by atoms with van der Waals surface area (Å²) in [5, 5.41) is 42.4. The number of hydrogen-bond acceptors (Lipinski definition) is 5. The number of aliphatic hydroxyl groups excluding tert-OH is 4. The zero-order valence-corrected chi connectivity index (χ0v) is 9.85. The second-order valence-corrected chi connectivity index (χ2v) is 3.76. The van der Waals surface area contributed by atoms with Crippen molar-refractivity contribution in [3.05, 3.63) is 0 Å². The molecule has 0 unspecified atom stereocenters. The van der Waals surface area contributed by atoms with Crippen molar-refractivity contribution >= 4 is 21.9 Å². The van der Waals surface area contributed by atoms with Gasteiger partial charge >= 0.3 is 5.97 Å². The molecule has 0 aliphatic carbocycles. The third-order valence-electron chi connectivity index (χ3n) is 1.65. The molecular formula is C8H17BrO6. The first-order chi connectivity index (χ1) is 7.01. The summed E-state index contributed by atoms with van der Waals surface area (Å²) in [7, 11) is 0. The molecule has 0 fully saturated rings. The van der Waals surface area contributed by atoms with E-state index < -0.39 is 37.8 Å². The maximum absolute atomic E-state index is 9.57. The molecule has 92 valence electrons. The molecule has 0 amide bonds. The molecule has 0 spiro atoms. The highest BCUT2D eigenvalue weighted by atomic mass is 79.9. The van der Waals surface area contributed by atoms with Crippen molar-refractivity contribution in [2.45, 2.75) is 6.42 Å². The fourth-order valence-electron chi connectivity index (χ4n) is 0.381. The normalized spacial score (nSPS) is 10.5. The second-order valence-electron chi connectivity index (χ2n) is 2.97. The summed E-state index contributed by atoms with van der Waals surface area (Å²) in [4.78, 5) is 9.57. The first-order valence-corrected chi connectivity index (χ1v) is 5.35. The van der Waals surface area contributed by atoms with Crippen molar-refractivity contribution in [3.8, 4) is 0 Å². The summed E-state index contributed by atoms with van der Waals surface area (Å²) in [6.07, 6.45) is 0.208. The number of hydrogen-bond donors (Lipinski definition) is 5. The minimum atomic E-state index is -1.11. The minimum absolute atomic E-state index is 0.208. The number of aliphatic hydroxyl groups is 4. The summed E-state index contributed by atoms with van der Waals surface area (Å²) in [5.74, 6) is -0.758. The van der Waals surface area contributed by atoms with Crippen LogP contribution in [0.3, 0.4) is 0 Å². The number of halogens is 1. The minimum Gasteiger partial charge on any atom is -0.481 e. The molecule has 0 rings (SSSR count). The van der Waals surface area contributed by atoms with Crippen LogP contribution in [0.4, 0.5) is 0 Å². The lowest BCUT2D eigenvalue weighted by Crippen LogP contribution is -2.37. The van der Waals surface area contributed by atoms with E-state index in [4.69, 9.17) is 25.5 Å². The van der Waals surface area contributed by atoms with Gasteiger partial charge in [-0.2, -0.15) is 0 Å². The molecule has 0 radical (unpaired) electrons.